The van der Waals surface area contributed by atoms with E-state index in [1.807, 2.05) is 6.07 Å². The first-order valence-electron chi connectivity index (χ1n) is 9.80. The number of ether oxygens (including phenoxy) is 2. The van der Waals surface area contributed by atoms with Crippen LogP contribution in [0.15, 0.2) is 48.5 Å². The van der Waals surface area contributed by atoms with E-state index in [2.05, 4.69) is 54.4 Å². The van der Waals surface area contributed by atoms with E-state index < -0.39 is 0 Å². The van der Waals surface area contributed by atoms with Gasteiger partial charge in [0.1, 0.15) is 11.5 Å². The Kier molecular flexibility index (Phi) is 6.96. The van der Waals surface area contributed by atoms with Gasteiger partial charge in [-0.2, -0.15) is 0 Å². The highest BCUT2D eigenvalue weighted by atomic mass is 16.5. The summed E-state index contributed by atoms with van der Waals surface area (Å²) in [5, 5.41) is 0. The Morgan fingerprint density at radius 2 is 1.92 bits per heavy atom. The minimum Gasteiger partial charge on any atom is -0.497 e. The van der Waals surface area contributed by atoms with Gasteiger partial charge in [-0.3, -0.25) is 0 Å². The lowest BCUT2D eigenvalue weighted by molar-refractivity contribution is 0.153. The monoisotopic (exact) mass is 353 g/mol. The van der Waals surface area contributed by atoms with Crippen LogP contribution in [-0.4, -0.2) is 38.3 Å². The number of benzene rings is 2. The van der Waals surface area contributed by atoms with Gasteiger partial charge >= 0.3 is 0 Å². The number of rotatable bonds is 8. The predicted octanol–water partition coefficient (Wildman–Crippen LogP) is 4.73. The number of hydrogen-bond donors (Lipinski definition) is 0. The molecule has 26 heavy (non-hydrogen) atoms. The molecule has 2 aromatic rings. The van der Waals surface area contributed by atoms with E-state index in [1.54, 1.807) is 7.11 Å². The fraction of sp³-hybridized carbons (Fsp3) is 0.478. The lowest BCUT2D eigenvalue weighted by Gasteiger charge is -2.32. The summed E-state index contributed by atoms with van der Waals surface area (Å²) < 4.78 is 11.5. The van der Waals surface area contributed by atoms with Gasteiger partial charge in [0.2, 0.25) is 0 Å². The second-order valence-electron chi connectivity index (χ2n) is 7.23. The van der Waals surface area contributed by atoms with Crippen molar-refractivity contribution in [3.8, 4) is 11.5 Å². The highest BCUT2D eigenvalue weighted by Crippen LogP contribution is 2.23. The number of aryl methyl sites for hydroxylation is 2. The molecule has 0 bridgehead atoms. The molecular formula is C23H31NO2. The van der Waals surface area contributed by atoms with E-state index >= 15 is 0 Å². The summed E-state index contributed by atoms with van der Waals surface area (Å²) in [6.45, 7) is 2.02. The zero-order valence-electron chi connectivity index (χ0n) is 16.1. The lowest BCUT2D eigenvalue weighted by atomic mass is 10.0. The smallest absolute Gasteiger partial charge is 0.122 e. The van der Waals surface area contributed by atoms with Gasteiger partial charge in [0, 0.05) is 6.04 Å². The maximum absolute atomic E-state index is 6.17. The fourth-order valence-electron chi connectivity index (χ4n) is 3.77. The molecule has 1 unspecified atom stereocenters. The van der Waals surface area contributed by atoms with E-state index in [1.165, 1.54) is 36.9 Å². The van der Waals surface area contributed by atoms with E-state index in [9.17, 15) is 0 Å². The van der Waals surface area contributed by atoms with Crippen molar-refractivity contribution in [3.63, 3.8) is 0 Å². The molecule has 0 radical (unpaired) electrons. The molecule has 1 aliphatic heterocycles. The Morgan fingerprint density at radius 1 is 1.04 bits per heavy atom. The maximum atomic E-state index is 6.17. The van der Waals surface area contributed by atoms with Crippen molar-refractivity contribution < 1.29 is 9.47 Å². The predicted molar refractivity (Wildman–Crippen MR) is 107 cm³/mol. The van der Waals surface area contributed by atoms with Crippen LogP contribution in [0.1, 0.15) is 36.8 Å². The van der Waals surface area contributed by atoms with Crippen LogP contribution in [0.2, 0.25) is 0 Å². The zero-order valence-corrected chi connectivity index (χ0v) is 16.1. The summed E-state index contributed by atoms with van der Waals surface area (Å²) in [5.41, 5.74) is 2.58. The third-order valence-electron chi connectivity index (χ3n) is 5.42. The summed E-state index contributed by atoms with van der Waals surface area (Å²) in [6, 6.07) is 17.4. The van der Waals surface area contributed by atoms with Crippen molar-refractivity contribution in [2.45, 2.75) is 44.6 Å². The summed E-state index contributed by atoms with van der Waals surface area (Å²) >= 11 is 0. The highest BCUT2D eigenvalue weighted by molar-refractivity contribution is 5.35. The van der Waals surface area contributed by atoms with Gasteiger partial charge in [0.05, 0.1) is 13.7 Å². The zero-order chi connectivity index (χ0) is 18.2. The van der Waals surface area contributed by atoms with E-state index in [4.69, 9.17) is 9.47 Å². The van der Waals surface area contributed by atoms with Gasteiger partial charge in [-0.05, 0) is 75.0 Å². The SMILES string of the molecule is COc1cccc(CCc2ccccc2OCCC2CCCCN2C)c1. The molecular weight excluding hydrogens is 322 g/mol. The standard InChI is InChI=1S/C23H31NO2/c1-24-16-6-5-10-21(24)15-17-26-23-12-4-3-9-20(23)14-13-19-8-7-11-22(18-19)25-2/h3-4,7-9,11-12,18,21H,5-6,10,13-17H2,1-2H3. The molecule has 3 rings (SSSR count). The van der Waals surface area contributed by atoms with Crippen molar-refractivity contribution in [3.05, 3.63) is 59.7 Å². The quantitative estimate of drug-likeness (QED) is 0.684. The van der Waals surface area contributed by atoms with Gasteiger partial charge < -0.3 is 14.4 Å². The largest absolute Gasteiger partial charge is 0.497 e. The number of piperidine rings is 1. The number of likely N-dealkylation sites (tertiary alicyclic amines) is 1. The molecule has 140 valence electrons. The van der Waals surface area contributed by atoms with Crippen LogP contribution in [-0.2, 0) is 12.8 Å². The number of methoxy groups -OCH3 is 1. The van der Waals surface area contributed by atoms with Crippen LogP contribution in [0.4, 0.5) is 0 Å². The third-order valence-corrected chi connectivity index (χ3v) is 5.42. The van der Waals surface area contributed by atoms with Crippen molar-refractivity contribution in [1.82, 2.24) is 4.90 Å². The minimum atomic E-state index is 0.674. The first kappa shape index (κ1) is 18.8. The van der Waals surface area contributed by atoms with Crippen LogP contribution < -0.4 is 9.47 Å². The van der Waals surface area contributed by atoms with E-state index in [-0.39, 0.29) is 0 Å². The third kappa shape index (κ3) is 5.25. The minimum absolute atomic E-state index is 0.674. The van der Waals surface area contributed by atoms with Gasteiger partial charge in [-0.25, -0.2) is 0 Å². The van der Waals surface area contributed by atoms with Crippen molar-refractivity contribution in [1.29, 1.82) is 0 Å². The first-order chi connectivity index (χ1) is 12.8. The Balaban J connectivity index is 1.54. The molecule has 0 aliphatic carbocycles. The van der Waals surface area contributed by atoms with Gasteiger partial charge in [-0.15, -0.1) is 0 Å². The summed E-state index contributed by atoms with van der Waals surface area (Å²) in [4.78, 5) is 2.49. The molecule has 0 aromatic heterocycles. The molecule has 1 aliphatic rings. The molecule has 1 heterocycles. The fourth-order valence-corrected chi connectivity index (χ4v) is 3.77. The summed E-state index contributed by atoms with van der Waals surface area (Å²) in [7, 11) is 3.96. The maximum Gasteiger partial charge on any atom is 0.122 e. The molecule has 1 atom stereocenters. The highest BCUT2D eigenvalue weighted by Gasteiger charge is 2.18. The second-order valence-corrected chi connectivity index (χ2v) is 7.23. The van der Waals surface area contributed by atoms with Crippen molar-refractivity contribution in [2.75, 3.05) is 27.3 Å². The number of nitrogens with zero attached hydrogens (tertiary/aromatic N) is 1. The van der Waals surface area contributed by atoms with Crippen molar-refractivity contribution >= 4 is 0 Å². The Hall–Kier alpha value is -2.00. The van der Waals surface area contributed by atoms with Crippen LogP contribution in [0.25, 0.3) is 0 Å². The van der Waals surface area contributed by atoms with Gasteiger partial charge in [0.25, 0.3) is 0 Å². The van der Waals surface area contributed by atoms with Crippen LogP contribution >= 0.6 is 0 Å². The number of hydrogen-bond acceptors (Lipinski definition) is 3. The Morgan fingerprint density at radius 3 is 2.77 bits per heavy atom. The normalized spacial score (nSPS) is 17.8. The molecule has 3 heteroatoms. The Labute approximate surface area is 157 Å². The van der Waals surface area contributed by atoms with Crippen LogP contribution in [0.3, 0.4) is 0 Å². The average molecular weight is 354 g/mol. The molecule has 3 nitrogen and oxygen atoms in total. The average Bonchev–Trinajstić information content (AvgIpc) is 2.69. The topological polar surface area (TPSA) is 21.7 Å². The molecule has 0 saturated carbocycles. The molecule has 0 amide bonds. The van der Waals surface area contributed by atoms with Crippen LogP contribution in [0, 0.1) is 0 Å². The molecule has 1 saturated heterocycles. The molecule has 0 spiro atoms. The lowest BCUT2D eigenvalue weighted by Crippen LogP contribution is -2.37. The number of para-hydroxylation sites is 1. The second kappa shape index (κ2) is 9.63. The van der Waals surface area contributed by atoms with Gasteiger partial charge in [0.15, 0.2) is 0 Å². The summed E-state index contributed by atoms with van der Waals surface area (Å²) in [6.07, 6.45) is 7.07. The molecule has 2 aromatic carbocycles. The summed E-state index contributed by atoms with van der Waals surface area (Å²) in [5.74, 6) is 1.96. The van der Waals surface area contributed by atoms with Crippen LogP contribution in [0.5, 0.6) is 11.5 Å². The Bertz CT molecular complexity index is 685. The van der Waals surface area contributed by atoms with E-state index in [0.717, 1.165) is 37.4 Å². The first-order valence-corrected chi connectivity index (χ1v) is 9.80. The van der Waals surface area contributed by atoms with E-state index in [0.29, 0.717) is 6.04 Å². The van der Waals surface area contributed by atoms with Gasteiger partial charge in [-0.1, -0.05) is 36.8 Å². The molecule has 0 N–H and O–H groups in total. The molecule has 1 fully saturated rings. The van der Waals surface area contributed by atoms with Crippen molar-refractivity contribution in [2.24, 2.45) is 0 Å².